The Morgan fingerprint density at radius 3 is 2.60 bits per heavy atom. The summed E-state index contributed by atoms with van der Waals surface area (Å²) in [5.74, 6) is 0.122. The number of carbonyl (C=O) groups is 1. The van der Waals surface area contributed by atoms with E-state index >= 15 is 0 Å². The second-order valence-electron chi connectivity index (χ2n) is 2.99. The minimum Gasteiger partial charge on any atom is -0.478 e. The summed E-state index contributed by atoms with van der Waals surface area (Å²) in [5, 5.41) is 9.15. The molecular weight excluding hydrogens is 228 g/mol. The third kappa shape index (κ3) is 3.18. The molecule has 0 atom stereocenters. The van der Waals surface area contributed by atoms with Gasteiger partial charge < -0.3 is 5.11 Å². The van der Waals surface area contributed by atoms with E-state index in [1.165, 1.54) is 11.8 Å². The van der Waals surface area contributed by atoms with Crippen LogP contribution in [0.15, 0.2) is 28.0 Å². The number of carboxylic acid groups (broad SMARTS) is 1. The molecule has 0 aromatic heterocycles. The van der Waals surface area contributed by atoms with Crippen LogP contribution in [0.25, 0.3) is 0 Å². The SMILES string of the molecule is CCCSc1cccc(SC)c1C(=O)O. The van der Waals surface area contributed by atoms with Crippen LogP contribution in [-0.2, 0) is 0 Å². The van der Waals surface area contributed by atoms with E-state index < -0.39 is 5.97 Å². The zero-order valence-corrected chi connectivity index (χ0v) is 10.5. The predicted molar refractivity (Wildman–Crippen MR) is 66.2 cm³/mol. The van der Waals surface area contributed by atoms with Gasteiger partial charge in [-0.25, -0.2) is 4.79 Å². The summed E-state index contributed by atoms with van der Waals surface area (Å²) in [4.78, 5) is 12.8. The smallest absolute Gasteiger partial charge is 0.337 e. The second-order valence-corrected chi connectivity index (χ2v) is 4.97. The molecule has 0 unspecified atom stereocenters. The van der Waals surface area contributed by atoms with Gasteiger partial charge in [0.1, 0.15) is 0 Å². The van der Waals surface area contributed by atoms with Gasteiger partial charge >= 0.3 is 5.97 Å². The zero-order chi connectivity index (χ0) is 11.3. The molecular formula is C11H14O2S2. The number of benzene rings is 1. The maximum Gasteiger partial charge on any atom is 0.337 e. The predicted octanol–water partition coefficient (Wildman–Crippen LogP) is 3.61. The number of rotatable bonds is 5. The van der Waals surface area contributed by atoms with Gasteiger partial charge in [-0.2, -0.15) is 0 Å². The van der Waals surface area contributed by atoms with Crippen LogP contribution in [0.3, 0.4) is 0 Å². The first kappa shape index (κ1) is 12.5. The van der Waals surface area contributed by atoms with E-state index in [1.807, 2.05) is 24.5 Å². The van der Waals surface area contributed by atoms with Crippen molar-refractivity contribution in [2.24, 2.45) is 0 Å². The lowest BCUT2D eigenvalue weighted by atomic mass is 10.2. The molecule has 15 heavy (non-hydrogen) atoms. The van der Waals surface area contributed by atoms with E-state index in [4.69, 9.17) is 5.11 Å². The van der Waals surface area contributed by atoms with Gasteiger partial charge in [0.2, 0.25) is 0 Å². The van der Waals surface area contributed by atoms with Crippen molar-refractivity contribution in [2.75, 3.05) is 12.0 Å². The lowest BCUT2D eigenvalue weighted by Crippen LogP contribution is -2.01. The molecule has 82 valence electrons. The fourth-order valence-electron chi connectivity index (χ4n) is 1.22. The van der Waals surface area contributed by atoms with Gasteiger partial charge in [0.25, 0.3) is 0 Å². The molecule has 1 aromatic carbocycles. The molecule has 0 aliphatic heterocycles. The first-order chi connectivity index (χ1) is 7.20. The summed E-state index contributed by atoms with van der Waals surface area (Å²) in [6.07, 6.45) is 2.95. The quantitative estimate of drug-likeness (QED) is 0.800. The Bertz CT molecular complexity index is 350. The van der Waals surface area contributed by atoms with Crippen molar-refractivity contribution in [3.8, 4) is 0 Å². The standard InChI is InChI=1S/C11H14O2S2/c1-3-7-15-9-6-4-5-8(14-2)10(9)11(12)13/h4-6H,3,7H2,1-2H3,(H,12,13). The van der Waals surface area contributed by atoms with Gasteiger partial charge in [0.05, 0.1) is 5.56 Å². The molecule has 1 rings (SSSR count). The molecule has 2 nitrogen and oxygen atoms in total. The van der Waals surface area contributed by atoms with E-state index in [0.29, 0.717) is 5.56 Å². The molecule has 0 saturated heterocycles. The monoisotopic (exact) mass is 242 g/mol. The number of hydrogen-bond acceptors (Lipinski definition) is 3. The molecule has 0 heterocycles. The fourth-order valence-corrected chi connectivity index (χ4v) is 2.85. The summed E-state index contributed by atoms with van der Waals surface area (Å²) in [7, 11) is 0. The van der Waals surface area contributed by atoms with Crippen molar-refractivity contribution in [3.05, 3.63) is 23.8 Å². The van der Waals surface area contributed by atoms with Crippen LogP contribution >= 0.6 is 23.5 Å². The van der Waals surface area contributed by atoms with Crippen molar-refractivity contribution in [1.82, 2.24) is 0 Å². The molecule has 0 fully saturated rings. The van der Waals surface area contributed by atoms with Crippen LogP contribution in [0.2, 0.25) is 0 Å². The van der Waals surface area contributed by atoms with E-state index in [1.54, 1.807) is 11.8 Å². The normalized spacial score (nSPS) is 10.3. The average Bonchev–Trinajstić information content (AvgIpc) is 2.25. The largest absolute Gasteiger partial charge is 0.478 e. The number of hydrogen-bond donors (Lipinski definition) is 1. The highest BCUT2D eigenvalue weighted by molar-refractivity contribution is 8.00. The Morgan fingerprint density at radius 2 is 2.07 bits per heavy atom. The topological polar surface area (TPSA) is 37.3 Å². The number of aromatic carboxylic acids is 1. The Morgan fingerprint density at radius 1 is 1.40 bits per heavy atom. The van der Waals surface area contributed by atoms with Crippen molar-refractivity contribution in [2.45, 2.75) is 23.1 Å². The van der Waals surface area contributed by atoms with Crippen molar-refractivity contribution in [1.29, 1.82) is 0 Å². The molecule has 0 aliphatic carbocycles. The highest BCUT2D eigenvalue weighted by Crippen LogP contribution is 2.30. The second kappa shape index (κ2) is 6.08. The molecule has 0 spiro atoms. The van der Waals surface area contributed by atoms with Crippen molar-refractivity contribution >= 4 is 29.5 Å². The summed E-state index contributed by atoms with van der Waals surface area (Å²) in [6.45, 7) is 2.09. The van der Waals surface area contributed by atoms with Gasteiger partial charge in [-0.3, -0.25) is 0 Å². The average molecular weight is 242 g/mol. The summed E-state index contributed by atoms with van der Waals surface area (Å²) < 4.78 is 0. The number of thioether (sulfide) groups is 2. The van der Waals surface area contributed by atoms with Crippen LogP contribution in [0.5, 0.6) is 0 Å². The fraction of sp³-hybridized carbons (Fsp3) is 0.364. The van der Waals surface area contributed by atoms with Crippen LogP contribution in [0.4, 0.5) is 0 Å². The van der Waals surface area contributed by atoms with Crippen molar-refractivity contribution in [3.63, 3.8) is 0 Å². The molecule has 0 amide bonds. The van der Waals surface area contributed by atoms with E-state index in [9.17, 15) is 4.79 Å². The van der Waals surface area contributed by atoms with Gasteiger partial charge in [0, 0.05) is 9.79 Å². The Balaban J connectivity index is 3.07. The first-order valence-corrected chi connectivity index (χ1v) is 6.94. The van der Waals surface area contributed by atoms with Crippen LogP contribution in [-0.4, -0.2) is 23.1 Å². The Kier molecular flexibility index (Phi) is 5.05. The molecule has 0 saturated carbocycles. The van der Waals surface area contributed by atoms with Crippen LogP contribution in [0, 0.1) is 0 Å². The van der Waals surface area contributed by atoms with Gasteiger partial charge in [-0.15, -0.1) is 23.5 Å². The summed E-state index contributed by atoms with van der Waals surface area (Å²) >= 11 is 3.09. The third-order valence-electron chi connectivity index (χ3n) is 1.88. The van der Waals surface area contributed by atoms with Crippen LogP contribution in [0.1, 0.15) is 23.7 Å². The maximum atomic E-state index is 11.1. The third-order valence-corrected chi connectivity index (χ3v) is 3.93. The summed E-state index contributed by atoms with van der Waals surface area (Å²) in [5.41, 5.74) is 0.448. The van der Waals surface area contributed by atoms with Gasteiger partial charge in [0.15, 0.2) is 0 Å². The van der Waals surface area contributed by atoms with E-state index in [2.05, 4.69) is 6.92 Å². The Hall–Kier alpha value is -0.610. The lowest BCUT2D eigenvalue weighted by molar-refractivity contribution is 0.0689. The van der Waals surface area contributed by atoms with E-state index in [0.717, 1.165) is 22.0 Å². The van der Waals surface area contributed by atoms with Crippen LogP contribution < -0.4 is 0 Å². The molecule has 1 aromatic rings. The molecule has 0 aliphatic rings. The molecule has 0 radical (unpaired) electrons. The first-order valence-electron chi connectivity index (χ1n) is 4.73. The molecule has 4 heteroatoms. The highest BCUT2D eigenvalue weighted by atomic mass is 32.2. The Labute approximate surface area is 98.5 Å². The maximum absolute atomic E-state index is 11.1. The molecule has 0 bridgehead atoms. The van der Waals surface area contributed by atoms with Crippen molar-refractivity contribution < 1.29 is 9.90 Å². The summed E-state index contributed by atoms with van der Waals surface area (Å²) in [6, 6.07) is 5.64. The minimum atomic E-state index is -0.835. The van der Waals surface area contributed by atoms with Gasteiger partial charge in [-0.05, 0) is 30.6 Å². The molecule has 1 N–H and O–H groups in total. The van der Waals surface area contributed by atoms with E-state index in [-0.39, 0.29) is 0 Å². The van der Waals surface area contributed by atoms with Gasteiger partial charge in [-0.1, -0.05) is 13.0 Å². The zero-order valence-electron chi connectivity index (χ0n) is 8.82. The highest BCUT2D eigenvalue weighted by Gasteiger charge is 2.14. The minimum absolute atomic E-state index is 0.448. The lowest BCUT2D eigenvalue weighted by Gasteiger charge is -2.08. The number of carboxylic acids is 1.